The molecule has 116 valence electrons. The van der Waals surface area contributed by atoms with Crippen LogP contribution in [0, 0.1) is 5.92 Å². The van der Waals surface area contributed by atoms with Gasteiger partial charge in [0.1, 0.15) is 0 Å². The van der Waals surface area contributed by atoms with Gasteiger partial charge in [-0.25, -0.2) is 0 Å². The first-order valence-corrected chi connectivity index (χ1v) is 8.22. The maximum absolute atomic E-state index is 12.3. The van der Waals surface area contributed by atoms with Gasteiger partial charge in [0.05, 0.1) is 0 Å². The molecule has 1 atom stereocenters. The van der Waals surface area contributed by atoms with Crippen LogP contribution in [0.3, 0.4) is 0 Å². The number of halogens is 2. The Bertz CT molecular complexity index is 491. The second-order valence-corrected chi connectivity index (χ2v) is 6.49. The molecule has 0 bridgehead atoms. The van der Waals surface area contributed by atoms with Crippen molar-refractivity contribution in [3.05, 3.63) is 33.8 Å². The number of rotatable bonds is 5. The van der Waals surface area contributed by atoms with E-state index in [1.807, 2.05) is 24.1 Å². The van der Waals surface area contributed by atoms with E-state index in [9.17, 15) is 4.79 Å². The molecule has 1 aromatic carbocycles. The highest BCUT2D eigenvalue weighted by Gasteiger charge is 2.22. The van der Waals surface area contributed by atoms with Gasteiger partial charge < -0.3 is 10.2 Å². The third-order valence-electron chi connectivity index (χ3n) is 3.99. The van der Waals surface area contributed by atoms with Crippen LogP contribution in [-0.4, -0.2) is 37.5 Å². The number of piperidine rings is 1. The summed E-state index contributed by atoms with van der Waals surface area (Å²) in [5, 5.41) is 4.47. The fourth-order valence-corrected chi connectivity index (χ4v) is 3.37. The maximum Gasteiger partial charge on any atom is 0.222 e. The summed E-state index contributed by atoms with van der Waals surface area (Å²) in [5.74, 6) is 0.800. The summed E-state index contributed by atoms with van der Waals surface area (Å²) in [6, 6.07) is 5.45. The zero-order chi connectivity index (χ0) is 15.2. The second kappa shape index (κ2) is 8.02. The molecule has 1 fully saturated rings. The molecule has 1 unspecified atom stereocenters. The molecule has 3 nitrogen and oxygen atoms in total. The number of hydrogen-bond acceptors (Lipinski definition) is 2. The topological polar surface area (TPSA) is 32.3 Å². The number of carbonyl (C=O) groups excluding carboxylic acids is 1. The van der Waals surface area contributed by atoms with E-state index in [0.29, 0.717) is 28.8 Å². The van der Waals surface area contributed by atoms with Crippen molar-refractivity contribution in [1.82, 2.24) is 10.2 Å². The zero-order valence-corrected chi connectivity index (χ0v) is 13.9. The summed E-state index contributed by atoms with van der Waals surface area (Å²) in [7, 11) is 1.96. The van der Waals surface area contributed by atoms with Gasteiger partial charge in [-0.05, 0) is 56.5 Å². The first kappa shape index (κ1) is 16.6. The van der Waals surface area contributed by atoms with E-state index in [1.165, 1.54) is 6.42 Å². The summed E-state index contributed by atoms with van der Waals surface area (Å²) in [5.41, 5.74) is 0.984. The smallest absolute Gasteiger partial charge is 0.222 e. The summed E-state index contributed by atoms with van der Waals surface area (Å²) >= 11 is 12.0. The lowest BCUT2D eigenvalue weighted by Gasteiger charge is -2.32. The molecule has 0 aliphatic carbocycles. The van der Waals surface area contributed by atoms with E-state index in [0.717, 1.165) is 31.6 Å². The van der Waals surface area contributed by atoms with E-state index in [1.54, 1.807) is 6.07 Å². The van der Waals surface area contributed by atoms with Gasteiger partial charge in [0.25, 0.3) is 0 Å². The molecule has 1 aliphatic rings. The van der Waals surface area contributed by atoms with Crippen molar-refractivity contribution in [3.63, 3.8) is 0 Å². The highest BCUT2D eigenvalue weighted by Crippen LogP contribution is 2.23. The number of hydrogen-bond donors (Lipinski definition) is 1. The zero-order valence-electron chi connectivity index (χ0n) is 12.4. The predicted molar refractivity (Wildman–Crippen MR) is 88.0 cm³/mol. The molecule has 1 heterocycles. The summed E-state index contributed by atoms with van der Waals surface area (Å²) in [6.07, 6.45) is 3.48. The van der Waals surface area contributed by atoms with Crippen LogP contribution in [0.25, 0.3) is 0 Å². The van der Waals surface area contributed by atoms with Crippen LogP contribution in [0.15, 0.2) is 18.2 Å². The average Bonchev–Trinajstić information content (AvgIpc) is 2.47. The molecular weight excluding hydrogens is 307 g/mol. The molecule has 5 heteroatoms. The molecule has 1 aromatic rings. The summed E-state index contributed by atoms with van der Waals surface area (Å²) in [6.45, 7) is 2.73. The summed E-state index contributed by atoms with van der Waals surface area (Å²) < 4.78 is 0. The Balaban J connectivity index is 1.86. The molecule has 0 spiro atoms. The quantitative estimate of drug-likeness (QED) is 0.898. The van der Waals surface area contributed by atoms with Crippen LogP contribution in [0.1, 0.15) is 24.8 Å². The van der Waals surface area contributed by atoms with E-state index in [4.69, 9.17) is 23.2 Å². The molecule has 1 saturated heterocycles. The molecule has 1 N–H and O–H groups in total. The van der Waals surface area contributed by atoms with Crippen molar-refractivity contribution in [1.29, 1.82) is 0 Å². The number of benzene rings is 1. The number of carbonyl (C=O) groups is 1. The molecule has 0 saturated carbocycles. The van der Waals surface area contributed by atoms with Crippen LogP contribution >= 0.6 is 23.2 Å². The normalized spacial score (nSPS) is 18.8. The van der Waals surface area contributed by atoms with Crippen molar-refractivity contribution < 1.29 is 4.79 Å². The fourth-order valence-electron chi connectivity index (χ4n) is 2.87. The Morgan fingerprint density at radius 1 is 1.43 bits per heavy atom. The molecule has 0 radical (unpaired) electrons. The Kier molecular flexibility index (Phi) is 6.34. The van der Waals surface area contributed by atoms with Crippen LogP contribution in [0.5, 0.6) is 0 Å². The maximum atomic E-state index is 12.3. The Morgan fingerprint density at radius 2 is 2.24 bits per heavy atom. The first-order chi connectivity index (χ1) is 10.1. The van der Waals surface area contributed by atoms with Gasteiger partial charge in [0.2, 0.25) is 5.91 Å². The predicted octanol–water partition coefficient (Wildman–Crippen LogP) is 3.38. The lowest BCUT2D eigenvalue weighted by molar-refractivity contribution is -0.132. The molecule has 1 aliphatic heterocycles. The molecule has 21 heavy (non-hydrogen) atoms. The van der Waals surface area contributed by atoms with Crippen molar-refractivity contribution in [2.45, 2.75) is 25.7 Å². The van der Waals surface area contributed by atoms with Gasteiger partial charge in [0.15, 0.2) is 0 Å². The number of amides is 1. The number of aryl methyl sites for hydroxylation is 1. The highest BCUT2D eigenvalue weighted by molar-refractivity contribution is 6.35. The summed E-state index contributed by atoms with van der Waals surface area (Å²) in [4.78, 5) is 14.3. The number of nitrogens with zero attached hydrogens (tertiary/aromatic N) is 1. The molecule has 2 rings (SSSR count). The monoisotopic (exact) mass is 328 g/mol. The Morgan fingerprint density at radius 3 is 2.95 bits per heavy atom. The fraction of sp³-hybridized carbons (Fsp3) is 0.562. The third-order valence-corrected chi connectivity index (χ3v) is 4.57. The molecular formula is C16H22Cl2N2O. The van der Waals surface area contributed by atoms with Gasteiger partial charge in [0, 0.05) is 29.6 Å². The van der Waals surface area contributed by atoms with Gasteiger partial charge in [-0.1, -0.05) is 29.3 Å². The second-order valence-electron chi connectivity index (χ2n) is 5.64. The van der Waals surface area contributed by atoms with Crippen molar-refractivity contribution in [2.24, 2.45) is 5.92 Å². The average molecular weight is 329 g/mol. The van der Waals surface area contributed by atoms with Crippen molar-refractivity contribution in [2.75, 3.05) is 26.7 Å². The van der Waals surface area contributed by atoms with Gasteiger partial charge in [-0.3, -0.25) is 4.79 Å². The minimum Gasteiger partial charge on any atom is -0.342 e. The van der Waals surface area contributed by atoms with E-state index >= 15 is 0 Å². The first-order valence-electron chi connectivity index (χ1n) is 7.46. The largest absolute Gasteiger partial charge is 0.342 e. The Hall–Kier alpha value is -0.770. The van der Waals surface area contributed by atoms with Crippen LogP contribution in [0.4, 0.5) is 0 Å². The van der Waals surface area contributed by atoms with Crippen LogP contribution in [0.2, 0.25) is 10.0 Å². The third kappa shape index (κ3) is 4.87. The lowest BCUT2D eigenvalue weighted by atomic mass is 9.97. The van der Waals surface area contributed by atoms with Gasteiger partial charge in [-0.15, -0.1) is 0 Å². The minimum absolute atomic E-state index is 0.224. The lowest BCUT2D eigenvalue weighted by Crippen LogP contribution is -2.42. The van der Waals surface area contributed by atoms with E-state index in [-0.39, 0.29) is 5.91 Å². The van der Waals surface area contributed by atoms with E-state index < -0.39 is 0 Å². The minimum atomic E-state index is 0.224. The van der Waals surface area contributed by atoms with Crippen molar-refractivity contribution >= 4 is 29.1 Å². The van der Waals surface area contributed by atoms with Crippen LogP contribution < -0.4 is 5.32 Å². The van der Waals surface area contributed by atoms with Gasteiger partial charge >= 0.3 is 0 Å². The number of nitrogens with one attached hydrogen (secondary N) is 1. The van der Waals surface area contributed by atoms with E-state index in [2.05, 4.69) is 5.32 Å². The number of likely N-dealkylation sites (tertiary alicyclic amines) is 1. The van der Waals surface area contributed by atoms with Crippen LogP contribution in [-0.2, 0) is 11.2 Å². The van der Waals surface area contributed by atoms with Gasteiger partial charge in [-0.2, -0.15) is 0 Å². The molecule has 0 aromatic heterocycles. The molecule has 1 amide bonds. The Labute approximate surface area is 136 Å². The standard InChI is InChI=1S/C16H22Cl2N2O/c1-19-10-12-3-2-8-20(11-12)16(21)7-5-13-4-6-14(17)9-15(13)18/h4,6,9,12,19H,2-3,5,7-8,10-11H2,1H3. The highest BCUT2D eigenvalue weighted by atomic mass is 35.5. The van der Waals surface area contributed by atoms with Crippen molar-refractivity contribution in [3.8, 4) is 0 Å². The SMILES string of the molecule is CNCC1CCCN(C(=O)CCc2ccc(Cl)cc2Cl)C1.